The molecule has 3 aromatic rings. The summed E-state index contributed by atoms with van der Waals surface area (Å²) in [5, 5.41) is 0. The molecule has 28 heavy (non-hydrogen) atoms. The number of nitrogens with zero attached hydrogens (tertiary/aromatic N) is 2. The van der Waals surface area contributed by atoms with Gasteiger partial charge >= 0.3 is 0 Å². The lowest BCUT2D eigenvalue weighted by atomic mass is 10.2. The molecule has 0 unspecified atom stereocenters. The smallest absolute Gasteiger partial charge is 0.280 e. The molecule has 1 aromatic heterocycles. The van der Waals surface area contributed by atoms with Crippen molar-refractivity contribution in [1.29, 1.82) is 0 Å². The molecule has 0 spiro atoms. The summed E-state index contributed by atoms with van der Waals surface area (Å²) < 4.78 is 33.1. The molecule has 0 N–H and O–H groups in total. The number of amides is 1. The monoisotopic (exact) mass is 418 g/mol. The summed E-state index contributed by atoms with van der Waals surface area (Å²) in [7, 11) is -3.52. The largest absolute Gasteiger partial charge is 0.380 e. The Morgan fingerprint density at radius 2 is 1.82 bits per heavy atom. The van der Waals surface area contributed by atoms with Gasteiger partial charge in [-0.3, -0.25) is 4.79 Å². The average Bonchev–Trinajstić information content (AvgIpc) is 3.05. The van der Waals surface area contributed by atoms with Gasteiger partial charge in [0.25, 0.3) is 5.91 Å². The first kappa shape index (κ1) is 20.4. The standard InChI is InChI=1S/C20H22N2O4S2/c1-3-26-14-13-22-16-10-6-7-11-17(16)27-20(22)21-19(23)15-9-5-8-12-18(15)28(24,25)4-2/h5-12H,3-4,13-14H2,1-2H3. The maximum atomic E-state index is 12.9. The number of sulfone groups is 1. The van der Waals surface area contributed by atoms with Crippen molar-refractivity contribution in [2.45, 2.75) is 25.3 Å². The summed E-state index contributed by atoms with van der Waals surface area (Å²) in [5.74, 6) is -0.640. The summed E-state index contributed by atoms with van der Waals surface area (Å²) >= 11 is 1.39. The molecular formula is C20H22N2O4S2. The molecule has 0 atom stereocenters. The fourth-order valence-corrected chi connectivity index (χ4v) is 4.98. The number of thiazole rings is 1. The highest BCUT2D eigenvalue weighted by Gasteiger charge is 2.20. The molecule has 0 aliphatic rings. The van der Waals surface area contributed by atoms with Crippen LogP contribution in [-0.4, -0.2) is 37.9 Å². The number of ether oxygens (including phenoxy) is 1. The van der Waals surface area contributed by atoms with E-state index in [2.05, 4.69) is 4.99 Å². The van der Waals surface area contributed by atoms with Gasteiger partial charge in [-0.25, -0.2) is 8.42 Å². The van der Waals surface area contributed by atoms with E-state index in [0.717, 1.165) is 10.2 Å². The van der Waals surface area contributed by atoms with Crippen LogP contribution in [-0.2, 0) is 21.1 Å². The quantitative estimate of drug-likeness (QED) is 0.552. The average molecular weight is 419 g/mol. The Kier molecular flexibility index (Phi) is 6.43. The van der Waals surface area contributed by atoms with Crippen LogP contribution >= 0.6 is 11.3 Å². The third kappa shape index (κ3) is 4.24. The van der Waals surface area contributed by atoms with Crippen LogP contribution in [0.25, 0.3) is 10.2 Å². The Morgan fingerprint density at radius 1 is 1.11 bits per heavy atom. The second-order valence-electron chi connectivity index (χ2n) is 6.02. The number of rotatable bonds is 7. The van der Waals surface area contributed by atoms with Crippen molar-refractivity contribution in [3.8, 4) is 0 Å². The molecule has 3 rings (SSSR count). The number of aromatic nitrogens is 1. The van der Waals surface area contributed by atoms with Crippen molar-refractivity contribution >= 4 is 37.3 Å². The second kappa shape index (κ2) is 8.81. The fraction of sp³-hybridized carbons (Fsp3) is 0.300. The van der Waals surface area contributed by atoms with E-state index in [9.17, 15) is 13.2 Å². The van der Waals surface area contributed by atoms with Gasteiger partial charge in [0.15, 0.2) is 14.6 Å². The van der Waals surface area contributed by atoms with Gasteiger partial charge in [0, 0.05) is 13.2 Å². The van der Waals surface area contributed by atoms with E-state index in [1.807, 2.05) is 35.8 Å². The van der Waals surface area contributed by atoms with Crippen LogP contribution < -0.4 is 4.80 Å². The van der Waals surface area contributed by atoms with E-state index in [4.69, 9.17) is 4.74 Å². The maximum absolute atomic E-state index is 12.9. The Hall–Kier alpha value is -2.29. The van der Waals surface area contributed by atoms with Crippen molar-refractivity contribution in [3.63, 3.8) is 0 Å². The summed E-state index contributed by atoms with van der Waals surface area (Å²) in [6, 6.07) is 14.0. The summed E-state index contributed by atoms with van der Waals surface area (Å²) in [4.78, 5) is 17.7. The number of fused-ring (bicyclic) bond motifs is 1. The molecule has 0 bridgehead atoms. The number of para-hydroxylation sites is 1. The lowest BCUT2D eigenvalue weighted by Crippen LogP contribution is -2.20. The Labute approximate surface area is 168 Å². The Bertz CT molecular complexity index is 1160. The number of hydrogen-bond donors (Lipinski definition) is 0. The van der Waals surface area contributed by atoms with E-state index in [0.29, 0.717) is 24.6 Å². The van der Waals surface area contributed by atoms with Gasteiger partial charge in [0.1, 0.15) is 0 Å². The van der Waals surface area contributed by atoms with Gasteiger partial charge in [-0.1, -0.05) is 42.5 Å². The first-order valence-corrected chi connectivity index (χ1v) is 11.5. The molecule has 0 saturated heterocycles. The summed E-state index contributed by atoms with van der Waals surface area (Å²) in [6.07, 6.45) is 0. The van der Waals surface area contributed by atoms with Crippen molar-refractivity contribution in [2.24, 2.45) is 4.99 Å². The van der Waals surface area contributed by atoms with E-state index in [1.54, 1.807) is 19.1 Å². The minimum absolute atomic E-state index is 0.0215. The van der Waals surface area contributed by atoms with Crippen molar-refractivity contribution in [2.75, 3.05) is 19.0 Å². The van der Waals surface area contributed by atoms with E-state index in [-0.39, 0.29) is 16.2 Å². The lowest BCUT2D eigenvalue weighted by Gasteiger charge is -2.07. The zero-order valence-corrected chi connectivity index (χ0v) is 17.4. The Balaban J connectivity index is 2.11. The molecule has 0 aliphatic heterocycles. The van der Waals surface area contributed by atoms with Crippen LogP contribution in [0.1, 0.15) is 24.2 Å². The molecule has 1 amide bonds. The second-order valence-corrected chi connectivity index (χ2v) is 9.27. The van der Waals surface area contributed by atoms with Crippen molar-refractivity contribution in [3.05, 3.63) is 58.9 Å². The van der Waals surface area contributed by atoms with Gasteiger partial charge in [-0.15, -0.1) is 0 Å². The van der Waals surface area contributed by atoms with E-state index < -0.39 is 15.7 Å². The van der Waals surface area contributed by atoms with Crippen molar-refractivity contribution < 1.29 is 17.9 Å². The maximum Gasteiger partial charge on any atom is 0.280 e. The molecule has 8 heteroatoms. The first-order valence-electron chi connectivity index (χ1n) is 9.05. The van der Waals surface area contributed by atoms with Crippen LogP contribution in [0.4, 0.5) is 0 Å². The van der Waals surface area contributed by atoms with Crippen molar-refractivity contribution in [1.82, 2.24) is 4.57 Å². The predicted molar refractivity (Wildman–Crippen MR) is 110 cm³/mol. The minimum atomic E-state index is -3.52. The molecule has 0 saturated carbocycles. The molecule has 148 valence electrons. The first-order chi connectivity index (χ1) is 13.5. The number of carbonyl (C=O) groups excluding carboxylic acids is 1. The van der Waals surface area contributed by atoms with Crippen LogP contribution in [0.2, 0.25) is 0 Å². The zero-order chi connectivity index (χ0) is 20.1. The zero-order valence-electron chi connectivity index (χ0n) is 15.8. The minimum Gasteiger partial charge on any atom is -0.380 e. The van der Waals surface area contributed by atoms with Gasteiger partial charge in [0.05, 0.1) is 33.0 Å². The third-order valence-electron chi connectivity index (χ3n) is 4.28. The molecule has 0 aliphatic carbocycles. The summed E-state index contributed by atoms with van der Waals surface area (Å²) in [5.41, 5.74) is 1.06. The SMILES string of the molecule is CCOCCn1c(=NC(=O)c2ccccc2S(=O)(=O)CC)sc2ccccc21. The Morgan fingerprint density at radius 3 is 2.57 bits per heavy atom. The van der Waals surface area contributed by atoms with Crippen LogP contribution in [0.15, 0.2) is 58.4 Å². The van der Waals surface area contributed by atoms with Crippen LogP contribution in [0.3, 0.4) is 0 Å². The lowest BCUT2D eigenvalue weighted by molar-refractivity contribution is 0.0993. The molecule has 2 aromatic carbocycles. The number of carbonyl (C=O) groups is 1. The fourth-order valence-electron chi connectivity index (χ4n) is 2.84. The van der Waals surface area contributed by atoms with Crippen LogP contribution in [0.5, 0.6) is 0 Å². The highest BCUT2D eigenvalue weighted by Crippen LogP contribution is 2.19. The normalized spacial score (nSPS) is 12.6. The van der Waals surface area contributed by atoms with Gasteiger partial charge in [0.2, 0.25) is 0 Å². The van der Waals surface area contributed by atoms with E-state index >= 15 is 0 Å². The van der Waals surface area contributed by atoms with Crippen LogP contribution in [0, 0.1) is 0 Å². The molecule has 1 heterocycles. The highest BCUT2D eigenvalue weighted by molar-refractivity contribution is 7.91. The van der Waals surface area contributed by atoms with Gasteiger partial charge in [-0.2, -0.15) is 4.99 Å². The topological polar surface area (TPSA) is 77.7 Å². The van der Waals surface area contributed by atoms with E-state index in [1.165, 1.54) is 23.5 Å². The summed E-state index contributed by atoms with van der Waals surface area (Å²) in [6.45, 7) is 5.15. The molecule has 0 radical (unpaired) electrons. The van der Waals surface area contributed by atoms with Gasteiger partial charge in [-0.05, 0) is 31.2 Å². The number of hydrogen-bond acceptors (Lipinski definition) is 5. The van der Waals surface area contributed by atoms with Gasteiger partial charge < -0.3 is 9.30 Å². The number of benzene rings is 2. The highest BCUT2D eigenvalue weighted by atomic mass is 32.2. The molecular weight excluding hydrogens is 396 g/mol. The molecule has 0 fully saturated rings. The molecule has 6 nitrogen and oxygen atoms in total. The third-order valence-corrected chi connectivity index (χ3v) is 7.13. The predicted octanol–water partition coefficient (Wildman–Crippen LogP) is 3.27.